The van der Waals surface area contributed by atoms with Crippen molar-refractivity contribution in [1.29, 1.82) is 0 Å². The number of aliphatic hydroxyl groups is 1. The highest BCUT2D eigenvalue weighted by molar-refractivity contribution is 6.43. The highest BCUT2D eigenvalue weighted by atomic mass is 16.3. The molecule has 1 aromatic carbocycles. The third-order valence-electron chi connectivity index (χ3n) is 4.17. The molecular weight excluding hydrogens is 306 g/mol. The number of aromatic nitrogens is 2. The lowest BCUT2D eigenvalue weighted by molar-refractivity contribution is -0.118. The number of nitrogens with one attached hydrogen (secondary N) is 1. The first kappa shape index (κ1) is 17.9. The highest BCUT2D eigenvalue weighted by Gasteiger charge is 2.26. The predicted octanol–water partition coefficient (Wildman–Crippen LogP) is 1.33. The molecule has 0 fully saturated rings. The molecule has 24 heavy (non-hydrogen) atoms. The lowest BCUT2D eigenvalue weighted by atomic mass is 10.0. The molecule has 0 spiro atoms. The third-order valence-corrected chi connectivity index (χ3v) is 4.17. The highest BCUT2D eigenvalue weighted by Crippen LogP contribution is 2.13. The number of amides is 1. The number of hydrogen-bond acceptors (Lipinski definition) is 4. The van der Waals surface area contributed by atoms with Crippen molar-refractivity contribution in [2.45, 2.75) is 39.3 Å². The molecule has 0 saturated heterocycles. The molecule has 0 saturated carbocycles. The molecule has 6 nitrogen and oxygen atoms in total. The lowest BCUT2D eigenvalue weighted by Gasteiger charge is -2.20. The van der Waals surface area contributed by atoms with Crippen molar-refractivity contribution < 1.29 is 14.7 Å². The summed E-state index contributed by atoms with van der Waals surface area (Å²) in [6, 6.07) is 8.96. The van der Waals surface area contributed by atoms with Gasteiger partial charge >= 0.3 is 0 Å². The molecule has 0 aliphatic rings. The molecule has 2 aromatic rings. The fraction of sp³-hybridized carbons (Fsp3) is 0.389. The smallest absolute Gasteiger partial charge is 0.292 e. The van der Waals surface area contributed by atoms with Crippen LogP contribution in [-0.2, 0) is 18.3 Å². The van der Waals surface area contributed by atoms with E-state index in [-0.39, 0.29) is 0 Å². The fourth-order valence-corrected chi connectivity index (χ4v) is 2.62. The third kappa shape index (κ3) is 3.89. The number of ketones is 1. The van der Waals surface area contributed by atoms with Gasteiger partial charge in [-0.05, 0) is 26.3 Å². The Bertz CT molecular complexity index is 737. The second-order valence-electron chi connectivity index (χ2n) is 6.02. The van der Waals surface area contributed by atoms with Gasteiger partial charge in [0.25, 0.3) is 11.7 Å². The number of carbonyl (C=O) groups excluding carboxylic acids is 2. The molecule has 0 aliphatic heterocycles. The van der Waals surface area contributed by atoms with Crippen molar-refractivity contribution in [3.63, 3.8) is 0 Å². The van der Waals surface area contributed by atoms with Gasteiger partial charge in [-0.3, -0.25) is 14.3 Å². The summed E-state index contributed by atoms with van der Waals surface area (Å²) in [4.78, 5) is 24.6. The van der Waals surface area contributed by atoms with Crippen molar-refractivity contribution in [2.24, 2.45) is 7.05 Å². The van der Waals surface area contributed by atoms with Gasteiger partial charge in [0.05, 0.1) is 23.4 Å². The van der Waals surface area contributed by atoms with Gasteiger partial charge < -0.3 is 10.4 Å². The average Bonchev–Trinajstić information content (AvgIpc) is 2.80. The maximum atomic E-state index is 12.4. The number of nitrogens with zero attached hydrogens (tertiary/aromatic N) is 2. The molecule has 2 unspecified atom stereocenters. The molecule has 2 N–H and O–H groups in total. The van der Waals surface area contributed by atoms with Crippen LogP contribution in [0.3, 0.4) is 0 Å². The van der Waals surface area contributed by atoms with E-state index in [9.17, 15) is 14.7 Å². The summed E-state index contributed by atoms with van der Waals surface area (Å²) in [5, 5.41) is 17.0. The zero-order chi connectivity index (χ0) is 17.9. The number of hydrogen-bond donors (Lipinski definition) is 2. The molecule has 2 atom stereocenters. The van der Waals surface area contributed by atoms with E-state index in [1.54, 1.807) is 32.5 Å². The molecule has 0 radical (unpaired) electrons. The number of carbonyl (C=O) groups is 2. The van der Waals surface area contributed by atoms with Crippen LogP contribution in [0.25, 0.3) is 0 Å². The Hall–Kier alpha value is -2.47. The van der Waals surface area contributed by atoms with E-state index in [0.717, 1.165) is 5.56 Å². The van der Waals surface area contributed by atoms with Gasteiger partial charge in [-0.1, -0.05) is 30.3 Å². The van der Waals surface area contributed by atoms with Crippen LogP contribution >= 0.6 is 0 Å². The zero-order valence-corrected chi connectivity index (χ0v) is 14.4. The maximum absolute atomic E-state index is 12.4. The molecule has 0 bridgehead atoms. The van der Waals surface area contributed by atoms with E-state index in [1.807, 2.05) is 30.3 Å². The van der Waals surface area contributed by atoms with Gasteiger partial charge in [0.1, 0.15) is 0 Å². The molecule has 1 heterocycles. The monoisotopic (exact) mass is 329 g/mol. The second kappa shape index (κ2) is 7.40. The number of aliphatic hydroxyl groups excluding tert-OH is 1. The summed E-state index contributed by atoms with van der Waals surface area (Å²) in [6.45, 7) is 5.12. The van der Waals surface area contributed by atoms with Crippen molar-refractivity contribution in [2.75, 3.05) is 0 Å². The van der Waals surface area contributed by atoms with E-state index in [2.05, 4.69) is 10.4 Å². The lowest BCUT2D eigenvalue weighted by Crippen LogP contribution is -2.45. The standard InChI is InChI=1S/C18H23N3O3/c1-11(15(22)10-14-8-6-5-7-9-14)19-18(24)17(23)16-12(2)20-21(4)13(16)3/h5-9,11,15,22H,10H2,1-4H3,(H,19,24). The van der Waals surface area contributed by atoms with Gasteiger partial charge in [0, 0.05) is 19.2 Å². The summed E-state index contributed by atoms with van der Waals surface area (Å²) in [7, 11) is 1.73. The fourth-order valence-electron chi connectivity index (χ4n) is 2.62. The summed E-state index contributed by atoms with van der Waals surface area (Å²) in [6.07, 6.45) is -0.373. The van der Waals surface area contributed by atoms with E-state index in [4.69, 9.17) is 0 Å². The quantitative estimate of drug-likeness (QED) is 0.618. The van der Waals surface area contributed by atoms with Crippen LogP contribution in [0.5, 0.6) is 0 Å². The van der Waals surface area contributed by atoms with Crippen molar-refractivity contribution in [1.82, 2.24) is 15.1 Å². The summed E-state index contributed by atoms with van der Waals surface area (Å²) >= 11 is 0. The van der Waals surface area contributed by atoms with Crippen LogP contribution in [0.1, 0.15) is 34.2 Å². The number of benzene rings is 1. The Morgan fingerprint density at radius 1 is 1.25 bits per heavy atom. The Labute approximate surface area is 141 Å². The van der Waals surface area contributed by atoms with Crippen molar-refractivity contribution in [3.05, 3.63) is 52.8 Å². The van der Waals surface area contributed by atoms with Crippen molar-refractivity contribution in [3.8, 4) is 0 Å². The normalized spacial score (nSPS) is 13.4. The zero-order valence-electron chi connectivity index (χ0n) is 14.4. The van der Waals surface area contributed by atoms with Crippen LogP contribution in [0, 0.1) is 13.8 Å². The summed E-state index contributed by atoms with van der Waals surface area (Å²) < 4.78 is 1.57. The van der Waals surface area contributed by atoms with E-state index >= 15 is 0 Å². The number of aryl methyl sites for hydroxylation is 2. The van der Waals surface area contributed by atoms with Crippen LogP contribution < -0.4 is 5.32 Å². The van der Waals surface area contributed by atoms with E-state index in [0.29, 0.717) is 23.4 Å². The average molecular weight is 329 g/mol. The molecule has 128 valence electrons. The Morgan fingerprint density at radius 3 is 2.42 bits per heavy atom. The van der Waals surface area contributed by atoms with Gasteiger partial charge in [-0.15, -0.1) is 0 Å². The maximum Gasteiger partial charge on any atom is 0.292 e. The molecule has 0 aliphatic carbocycles. The first-order valence-electron chi connectivity index (χ1n) is 7.88. The Kier molecular flexibility index (Phi) is 5.51. The topological polar surface area (TPSA) is 84.2 Å². The van der Waals surface area contributed by atoms with Gasteiger partial charge in [0.15, 0.2) is 0 Å². The van der Waals surface area contributed by atoms with Gasteiger partial charge in [-0.2, -0.15) is 5.10 Å². The Balaban J connectivity index is 2.01. The number of rotatable bonds is 6. The molecule has 2 rings (SSSR count). The van der Waals surface area contributed by atoms with Crippen LogP contribution in [0.4, 0.5) is 0 Å². The second-order valence-corrected chi connectivity index (χ2v) is 6.02. The minimum Gasteiger partial charge on any atom is -0.391 e. The van der Waals surface area contributed by atoms with E-state index in [1.165, 1.54) is 0 Å². The molecule has 1 aromatic heterocycles. The van der Waals surface area contributed by atoms with Gasteiger partial charge in [-0.25, -0.2) is 0 Å². The SMILES string of the molecule is Cc1nn(C)c(C)c1C(=O)C(=O)NC(C)C(O)Cc1ccccc1. The first-order valence-corrected chi connectivity index (χ1v) is 7.88. The predicted molar refractivity (Wildman–Crippen MR) is 90.8 cm³/mol. The summed E-state index contributed by atoms with van der Waals surface area (Å²) in [5.74, 6) is -1.36. The van der Waals surface area contributed by atoms with Crippen LogP contribution in [0.2, 0.25) is 0 Å². The summed E-state index contributed by atoms with van der Waals surface area (Å²) in [5.41, 5.74) is 2.45. The van der Waals surface area contributed by atoms with Crippen molar-refractivity contribution >= 4 is 11.7 Å². The van der Waals surface area contributed by atoms with E-state index < -0.39 is 23.8 Å². The minimum absolute atomic E-state index is 0.319. The molecular formula is C18H23N3O3. The van der Waals surface area contributed by atoms with Gasteiger partial charge in [0.2, 0.25) is 0 Å². The Morgan fingerprint density at radius 2 is 1.88 bits per heavy atom. The largest absolute Gasteiger partial charge is 0.391 e. The van der Waals surface area contributed by atoms with Crippen LogP contribution in [-0.4, -0.2) is 38.7 Å². The van der Waals surface area contributed by atoms with Crippen LogP contribution in [0.15, 0.2) is 30.3 Å². The minimum atomic E-state index is -0.778. The molecule has 1 amide bonds. The number of Topliss-reactive ketones (excluding diaryl/α,β-unsaturated/α-hetero) is 1. The molecule has 6 heteroatoms. The first-order chi connectivity index (χ1) is 11.3.